The predicted octanol–water partition coefficient (Wildman–Crippen LogP) is 16.0. The second-order valence-corrected chi connectivity index (χ2v) is 14.9. The number of fused-ring (bicyclic) bond motifs is 6. The monoisotopic (exact) mass is 739 g/mol. The predicted molar refractivity (Wildman–Crippen MR) is 245 cm³/mol. The van der Waals surface area contributed by atoms with Gasteiger partial charge in [-0.3, -0.25) is 0 Å². The van der Waals surface area contributed by atoms with E-state index in [9.17, 15) is 0 Å². The minimum Gasteiger partial charge on any atom is -0.455 e. The largest absolute Gasteiger partial charge is 0.455 e. The van der Waals surface area contributed by atoms with E-state index in [1.807, 2.05) is 0 Å². The molecule has 272 valence electrons. The maximum atomic E-state index is 6.88. The summed E-state index contributed by atoms with van der Waals surface area (Å²) in [5.74, 6) is 0. The molecule has 0 N–H and O–H groups in total. The van der Waals surface area contributed by atoms with Crippen molar-refractivity contribution in [1.82, 2.24) is 0 Å². The van der Waals surface area contributed by atoms with Crippen molar-refractivity contribution in [2.45, 2.75) is 0 Å². The SMILES string of the molecule is c1ccc(-c2ccc(-c3ccc(N(c4cccc5ccccc45)c4cccc5oc6c7ccccc7c(-c7ccc(-c8ccccc8)cc7)cc6c45)cc3)cc2)cc1. The topological polar surface area (TPSA) is 16.4 Å². The molecular weight excluding hydrogens is 703 g/mol. The van der Waals surface area contributed by atoms with E-state index >= 15 is 0 Å². The van der Waals surface area contributed by atoms with Crippen LogP contribution in [0.15, 0.2) is 229 Å². The Kier molecular flexibility index (Phi) is 8.19. The summed E-state index contributed by atoms with van der Waals surface area (Å²) in [5.41, 5.74) is 14.5. The Labute approximate surface area is 337 Å². The molecule has 0 saturated heterocycles. The van der Waals surface area contributed by atoms with Crippen LogP contribution >= 0.6 is 0 Å². The van der Waals surface area contributed by atoms with Gasteiger partial charge in [-0.1, -0.05) is 188 Å². The van der Waals surface area contributed by atoms with Crippen molar-refractivity contribution < 1.29 is 4.42 Å². The first kappa shape index (κ1) is 33.6. The molecule has 2 heteroatoms. The lowest BCUT2D eigenvalue weighted by Crippen LogP contribution is -2.10. The van der Waals surface area contributed by atoms with Crippen LogP contribution in [0.25, 0.3) is 88.0 Å². The van der Waals surface area contributed by atoms with Gasteiger partial charge in [0, 0.05) is 21.8 Å². The summed E-state index contributed by atoms with van der Waals surface area (Å²) in [4.78, 5) is 2.41. The Morgan fingerprint density at radius 2 is 0.776 bits per heavy atom. The normalized spacial score (nSPS) is 11.4. The molecule has 0 aliphatic rings. The molecule has 11 aromatic rings. The fourth-order valence-electron chi connectivity index (χ4n) is 8.63. The summed E-state index contributed by atoms with van der Waals surface area (Å²) in [5, 5.41) is 6.81. The van der Waals surface area contributed by atoms with Gasteiger partial charge >= 0.3 is 0 Å². The van der Waals surface area contributed by atoms with Crippen molar-refractivity contribution in [1.29, 1.82) is 0 Å². The Morgan fingerprint density at radius 3 is 1.41 bits per heavy atom. The summed E-state index contributed by atoms with van der Waals surface area (Å²) < 4.78 is 6.88. The Bertz CT molecular complexity index is 3230. The minimum absolute atomic E-state index is 0.856. The highest BCUT2D eigenvalue weighted by Crippen LogP contribution is 2.47. The van der Waals surface area contributed by atoms with Gasteiger partial charge in [0.15, 0.2) is 0 Å². The minimum atomic E-state index is 0.856. The van der Waals surface area contributed by atoms with Crippen LogP contribution in [0.4, 0.5) is 17.1 Å². The van der Waals surface area contributed by atoms with Gasteiger partial charge < -0.3 is 9.32 Å². The highest BCUT2D eigenvalue weighted by atomic mass is 16.3. The molecule has 0 aliphatic carbocycles. The second kappa shape index (κ2) is 14.1. The van der Waals surface area contributed by atoms with Gasteiger partial charge in [-0.2, -0.15) is 0 Å². The molecule has 0 radical (unpaired) electrons. The first-order chi connectivity index (χ1) is 28.8. The summed E-state index contributed by atoms with van der Waals surface area (Å²) in [6, 6.07) is 80.5. The number of nitrogens with zero attached hydrogens (tertiary/aromatic N) is 1. The summed E-state index contributed by atoms with van der Waals surface area (Å²) >= 11 is 0. The van der Waals surface area contributed by atoms with E-state index in [-0.39, 0.29) is 0 Å². The molecule has 11 rings (SSSR count). The van der Waals surface area contributed by atoms with Crippen LogP contribution < -0.4 is 4.90 Å². The summed E-state index contributed by atoms with van der Waals surface area (Å²) in [6.45, 7) is 0. The van der Waals surface area contributed by atoms with Gasteiger partial charge in [0.2, 0.25) is 0 Å². The Morgan fingerprint density at radius 1 is 0.310 bits per heavy atom. The van der Waals surface area contributed by atoms with E-state index in [1.54, 1.807) is 0 Å². The van der Waals surface area contributed by atoms with Crippen molar-refractivity contribution in [3.8, 4) is 44.5 Å². The van der Waals surface area contributed by atoms with Crippen LogP contribution in [0, 0.1) is 0 Å². The molecule has 2 nitrogen and oxygen atoms in total. The third-order valence-electron chi connectivity index (χ3n) is 11.5. The molecule has 0 unspecified atom stereocenters. The molecule has 1 aromatic heterocycles. The average molecular weight is 740 g/mol. The zero-order valence-corrected chi connectivity index (χ0v) is 31.7. The van der Waals surface area contributed by atoms with Crippen molar-refractivity contribution in [3.63, 3.8) is 0 Å². The fourth-order valence-corrected chi connectivity index (χ4v) is 8.63. The third-order valence-corrected chi connectivity index (χ3v) is 11.5. The fraction of sp³-hybridized carbons (Fsp3) is 0. The average Bonchev–Trinajstić information content (AvgIpc) is 3.70. The van der Waals surface area contributed by atoms with Crippen molar-refractivity contribution in [3.05, 3.63) is 224 Å². The molecule has 0 atom stereocenters. The zero-order chi connectivity index (χ0) is 38.4. The molecule has 0 spiro atoms. The number of anilines is 3. The van der Waals surface area contributed by atoms with E-state index in [0.717, 1.165) is 44.4 Å². The first-order valence-corrected chi connectivity index (χ1v) is 19.8. The van der Waals surface area contributed by atoms with Gasteiger partial charge in [0.25, 0.3) is 0 Å². The van der Waals surface area contributed by atoms with Gasteiger partial charge in [0.05, 0.1) is 16.8 Å². The van der Waals surface area contributed by atoms with E-state index in [2.05, 4.69) is 229 Å². The van der Waals surface area contributed by atoms with Crippen LogP contribution in [-0.2, 0) is 0 Å². The zero-order valence-electron chi connectivity index (χ0n) is 31.7. The third kappa shape index (κ3) is 5.82. The lowest BCUT2D eigenvalue weighted by Gasteiger charge is -2.28. The van der Waals surface area contributed by atoms with Crippen molar-refractivity contribution >= 4 is 60.5 Å². The summed E-state index contributed by atoms with van der Waals surface area (Å²) in [7, 11) is 0. The second-order valence-electron chi connectivity index (χ2n) is 14.9. The van der Waals surface area contributed by atoms with E-state index in [1.165, 1.54) is 60.7 Å². The lowest BCUT2D eigenvalue weighted by atomic mass is 9.93. The molecule has 0 saturated carbocycles. The van der Waals surface area contributed by atoms with E-state index in [4.69, 9.17) is 4.42 Å². The van der Waals surface area contributed by atoms with Crippen LogP contribution in [0.3, 0.4) is 0 Å². The number of benzene rings is 10. The number of hydrogen-bond donors (Lipinski definition) is 0. The smallest absolute Gasteiger partial charge is 0.143 e. The molecule has 10 aromatic carbocycles. The van der Waals surface area contributed by atoms with Gasteiger partial charge in [-0.05, 0) is 91.7 Å². The molecule has 58 heavy (non-hydrogen) atoms. The van der Waals surface area contributed by atoms with Crippen molar-refractivity contribution in [2.75, 3.05) is 4.90 Å². The van der Waals surface area contributed by atoms with Crippen LogP contribution in [0.1, 0.15) is 0 Å². The van der Waals surface area contributed by atoms with E-state index in [0.29, 0.717) is 0 Å². The maximum absolute atomic E-state index is 6.88. The quantitative estimate of drug-likeness (QED) is 0.162. The van der Waals surface area contributed by atoms with Gasteiger partial charge in [-0.25, -0.2) is 0 Å². The highest BCUT2D eigenvalue weighted by Gasteiger charge is 2.23. The Balaban J connectivity index is 1.09. The molecule has 1 heterocycles. The molecule has 0 amide bonds. The van der Waals surface area contributed by atoms with Gasteiger partial charge in [0.1, 0.15) is 11.2 Å². The lowest BCUT2D eigenvalue weighted by molar-refractivity contribution is 0.672. The van der Waals surface area contributed by atoms with E-state index < -0.39 is 0 Å². The first-order valence-electron chi connectivity index (χ1n) is 19.8. The van der Waals surface area contributed by atoms with Crippen LogP contribution in [-0.4, -0.2) is 0 Å². The van der Waals surface area contributed by atoms with Crippen LogP contribution in [0.2, 0.25) is 0 Å². The maximum Gasteiger partial charge on any atom is 0.143 e. The molecule has 0 fully saturated rings. The molecular formula is C56H37NO. The van der Waals surface area contributed by atoms with Crippen LogP contribution in [0.5, 0.6) is 0 Å². The number of hydrogen-bond acceptors (Lipinski definition) is 2. The van der Waals surface area contributed by atoms with Gasteiger partial charge in [-0.15, -0.1) is 0 Å². The molecule has 0 aliphatic heterocycles. The number of furan rings is 1. The molecule has 0 bridgehead atoms. The standard InChI is InChI=1S/C56H37NO/c1-3-13-38(14-4-1)40-25-27-42(28-26-40)43-33-35-46(36-34-43)57(52-22-11-18-44-17-7-8-19-47(44)52)53-23-12-24-54-55(53)51-37-50(48-20-9-10-21-49(48)56(51)58-54)45-31-29-41(30-32-45)39-15-5-2-6-16-39/h1-37H. The Hall–Kier alpha value is -7.68. The highest BCUT2D eigenvalue weighted by molar-refractivity contribution is 6.23. The summed E-state index contributed by atoms with van der Waals surface area (Å²) in [6.07, 6.45) is 0. The van der Waals surface area contributed by atoms with Crippen molar-refractivity contribution in [2.24, 2.45) is 0 Å². The number of rotatable bonds is 7.